The lowest BCUT2D eigenvalue weighted by atomic mass is 9.94. The Morgan fingerprint density at radius 1 is 1.14 bits per heavy atom. The van der Waals surface area contributed by atoms with Crippen molar-refractivity contribution in [3.8, 4) is 0 Å². The van der Waals surface area contributed by atoms with E-state index in [2.05, 4.69) is 5.10 Å². The van der Waals surface area contributed by atoms with Crippen LogP contribution in [0.15, 0.2) is 64.4 Å². The molecule has 0 radical (unpaired) electrons. The Bertz CT molecular complexity index is 1200. The Morgan fingerprint density at radius 3 is 2.63 bits per heavy atom. The highest BCUT2D eigenvalue weighted by atomic mass is 32.2. The van der Waals surface area contributed by atoms with Gasteiger partial charge in [0.1, 0.15) is 11.3 Å². The van der Waals surface area contributed by atoms with Crippen molar-refractivity contribution < 1.29 is 23.5 Å². The molecule has 0 spiro atoms. The van der Waals surface area contributed by atoms with Crippen molar-refractivity contribution in [3.63, 3.8) is 0 Å². The van der Waals surface area contributed by atoms with Gasteiger partial charge in [-0.3, -0.25) is 14.5 Å². The first-order chi connectivity index (χ1) is 17.0. The normalized spacial score (nSPS) is 20.4. The van der Waals surface area contributed by atoms with Crippen molar-refractivity contribution >= 4 is 29.6 Å². The van der Waals surface area contributed by atoms with Gasteiger partial charge in [-0.15, -0.1) is 11.8 Å². The third kappa shape index (κ3) is 4.76. The van der Waals surface area contributed by atoms with Gasteiger partial charge in [0.2, 0.25) is 5.91 Å². The maximum absolute atomic E-state index is 13.2. The third-order valence-corrected chi connectivity index (χ3v) is 7.48. The molecule has 0 saturated carbocycles. The third-order valence-electron chi connectivity index (χ3n) is 6.42. The number of carbonyl (C=O) groups excluding carboxylic acids is 3. The van der Waals surface area contributed by atoms with Crippen LogP contribution >= 0.6 is 11.8 Å². The number of nitrogens with zero attached hydrogens (tertiary/aromatic N) is 4. The fourth-order valence-electron chi connectivity index (χ4n) is 4.36. The van der Waals surface area contributed by atoms with E-state index in [9.17, 15) is 14.4 Å². The highest BCUT2D eigenvalue weighted by Gasteiger charge is 2.44. The number of carbonyl (C=O) groups is 3. The summed E-state index contributed by atoms with van der Waals surface area (Å²) in [5.74, 6) is -0.605. The summed E-state index contributed by atoms with van der Waals surface area (Å²) in [6.07, 6.45) is 2.83. The molecule has 3 aromatic rings. The Morgan fingerprint density at radius 2 is 1.91 bits per heavy atom. The molecule has 35 heavy (non-hydrogen) atoms. The van der Waals surface area contributed by atoms with Crippen molar-refractivity contribution in [2.75, 3.05) is 32.8 Å². The summed E-state index contributed by atoms with van der Waals surface area (Å²) in [7, 11) is 0. The van der Waals surface area contributed by atoms with E-state index in [1.807, 2.05) is 43.3 Å². The van der Waals surface area contributed by atoms with Gasteiger partial charge in [-0.2, -0.15) is 9.78 Å². The molecule has 2 aromatic heterocycles. The fraction of sp³-hybridized carbons (Fsp3) is 0.360. The predicted octanol–water partition coefficient (Wildman–Crippen LogP) is 3.47. The molecular weight excluding hydrogens is 468 g/mol. The summed E-state index contributed by atoms with van der Waals surface area (Å²) >= 11 is 1.50. The molecule has 2 fully saturated rings. The molecule has 2 unspecified atom stereocenters. The first-order valence-corrected chi connectivity index (χ1v) is 12.5. The second-order valence-electron chi connectivity index (χ2n) is 8.64. The number of hydrogen-bond acceptors (Lipinski definition) is 7. The van der Waals surface area contributed by atoms with Gasteiger partial charge in [-0.25, -0.2) is 4.79 Å². The molecule has 10 heteroatoms. The van der Waals surface area contributed by atoms with E-state index < -0.39 is 5.92 Å². The molecular formula is C25H26N4O5S. The fourth-order valence-corrected chi connectivity index (χ4v) is 5.32. The molecule has 1 aromatic carbocycles. The number of hydrogen-bond donors (Lipinski definition) is 0. The van der Waals surface area contributed by atoms with Crippen LogP contribution in [0.2, 0.25) is 0 Å². The molecule has 2 atom stereocenters. The molecule has 0 aliphatic carbocycles. The standard InChI is InChI=1S/C25H26N4O5S/c1-17-20(14-28(23(17)30)25(32)27-8-11-33-12-9-27)21-13-22(35-16-18-5-3-2-4-6-18)29(26-21)24(31)19-7-10-34-15-19/h2-7,10,13,15,17,20H,8-9,11-12,14,16H2,1H3. The smallest absolute Gasteiger partial charge is 0.326 e. The zero-order valence-electron chi connectivity index (χ0n) is 19.3. The number of amides is 3. The number of furan rings is 1. The number of likely N-dealkylation sites (tertiary alicyclic amines) is 1. The van der Waals surface area contributed by atoms with E-state index in [1.54, 1.807) is 11.0 Å². The van der Waals surface area contributed by atoms with E-state index in [-0.39, 0.29) is 30.3 Å². The van der Waals surface area contributed by atoms with Crippen molar-refractivity contribution in [2.45, 2.75) is 23.6 Å². The molecule has 0 bridgehead atoms. The molecule has 3 amide bonds. The van der Waals surface area contributed by atoms with Gasteiger partial charge in [-0.05, 0) is 17.7 Å². The van der Waals surface area contributed by atoms with Crippen LogP contribution in [0.4, 0.5) is 4.79 Å². The maximum Gasteiger partial charge on any atom is 0.326 e. The molecule has 2 aliphatic heterocycles. The van der Waals surface area contributed by atoms with Crippen LogP contribution in [0.5, 0.6) is 0 Å². The van der Waals surface area contributed by atoms with Crippen LogP contribution in [0, 0.1) is 5.92 Å². The molecule has 0 N–H and O–H groups in total. The molecule has 2 saturated heterocycles. The Balaban J connectivity index is 1.41. The van der Waals surface area contributed by atoms with Crippen molar-refractivity contribution in [3.05, 3.63) is 71.8 Å². The highest BCUT2D eigenvalue weighted by molar-refractivity contribution is 7.98. The average molecular weight is 495 g/mol. The van der Waals surface area contributed by atoms with Crippen LogP contribution in [0.25, 0.3) is 0 Å². The van der Waals surface area contributed by atoms with Crippen molar-refractivity contribution in [2.24, 2.45) is 5.92 Å². The van der Waals surface area contributed by atoms with Gasteiger partial charge >= 0.3 is 6.03 Å². The van der Waals surface area contributed by atoms with E-state index in [1.165, 1.54) is 33.9 Å². The maximum atomic E-state index is 13.2. The van der Waals surface area contributed by atoms with Crippen LogP contribution in [-0.2, 0) is 15.3 Å². The second-order valence-corrected chi connectivity index (χ2v) is 9.63. The summed E-state index contributed by atoms with van der Waals surface area (Å²) in [4.78, 5) is 42.2. The van der Waals surface area contributed by atoms with Gasteiger partial charge < -0.3 is 14.1 Å². The Hall–Kier alpha value is -3.37. The number of urea groups is 1. The monoisotopic (exact) mass is 494 g/mol. The van der Waals surface area contributed by atoms with Gasteiger partial charge in [0.15, 0.2) is 0 Å². The molecule has 4 heterocycles. The van der Waals surface area contributed by atoms with E-state index in [4.69, 9.17) is 9.15 Å². The second kappa shape index (κ2) is 10.1. The van der Waals surface area contributed by atoms with Crippen molar-refractivity contribution in [1.29, 1.82) is 0 Å². The number of imide groups is 1. The Labute approximate surface area is 207 Å². The number of ether oxygens (including phenoxy) is 1. The van der Waals surface area contributed by atoms with E-state index in [0.717, 1.165) is 5.56 Å². The number of thioether (sulfide) groups is 1. The molecule has 2 aliphatic rings. The zero-order chi connectivity index (χ0) is 24.4. The van der Waals surface area contributed by atoms with Gasteiger partial charge in [0, 0.05) is 37.2 Å². The number of benzene rings is 1. The lowest BCUT2D eigenvalue weighted by Crippen LogP contribution is -2.49. The summed E-state index contributed by atoms with van der Waals surface area (Å²) in [5, 5.41) is 5.31. The quantitative estimate of drug-likeness (QED) is 0.501. The minimum atomic E-state index is -0.431. The summed E-state index contributed by atoms with van der Waals surface area (Å²) in [6, 6.07) is 13.1. The summed E-state index contributed by atoms with van der Waals surface area (Å²) in [6.45, 7) is 3.92. The van der Waals surface area contributed by atoms with Crippen LogP contribution in [-0.4, -0.2) is 70.3 Å². The van der Waals surface area contributed by atoms with Crippen molar-refractivity contribution in [1.82, 2.24) is 19.6 Å². The lowest BCUT2D eigenvalue weighted by Gasteiger charge is -2.30. The minimum absolute atomic E-state index is 0.222. The molecule has 5 rings (SSSR count). The Kier molecular flexibility index (Phi) is 6.74. The van der Waals surface area contributed by atoms with Crippen LogP contribution < -0.4 is 0 Å². The number of aromatic nitrogens is 2. The first kappa shape index (κ1) is 23.4. The topological polar surface area (TPSA) is 97.9 Å². The van der Waals surface area contributed by atoms with E-state index >= 15 is 0 Å². The largest absolute Gasteiger partial charge is 0.472 e. The summed E-state index contributed by atoms with van der Waals surface area (Å²) in [5.41, 5.74) is 2.13. The first-order valence-electron chi connectivity index (χ1n) is 11.5. The summed E-state index contributed by atoms with van der Waals surface area (Å²) < 4.78 is 11.8. The van der Waals surface area contributed by atoms with Gasteiger partial charge in [0.05, 0.1) is 30.7 Å². The highest BCUT2D eigenvalue weighted by Crippen LogP contribution is 2.36. The van der Waals surface area contributed by atoms with Crippen LogP contribution in [0.1, 0.15) is 34.5 Å². The zero-order valence-corrected chi connectivity index (χ0v) is 20.1. The minimum Gasteiger partial charge on any atom is -0.472 e. The number of rotatable bonds is 5. The predicted molar refractivity (Wildman–Crippen MR) is 128 cm³/mol. The van der Waals surface area contributed by atoms with Gasteiger partial charge in [-0.1, -0.05) is 37.3 Å². The SMILES string of the molecule is CC1C(=O)N(C(=O)N2CCOCC2)CC1c1cc(SCc2ccccc2)n(C(=O)c2ccoc2)n1. The molecule has 182 valence electrons. The van der Waals surface area contributed by atoms with Crippen LogP contribution in [0.3, 0.4) is 0 Å². The lowest BCUT2D eigenvalue weighted by molar-refractivity contribution is -0.128. The van der Waals surface area contributed by atoms with Gasteiger partial charge in [0.25, 0.3) is 5.91 Å². The van der Waals surface area contributed by atoms with E-state index in [0.29, 0.717) is 48.3 Å². The average Bonchev–Trinajstić information content (AvgIpc) is 3.64. The molecule has 9 nitrogen and oxygen atoms in total. The number of morpholine rings is 1.